The molecule has 3 N–H and O–H groups in total. The van der Waals surface area contributed by atoms with Gasteiger partial charge in [0.2, 0.25) is 10.0 Å². The van der Waals surface area contributed by atoms with Gasteiger partial charge in [-0.15, -0.1) is 0 Å². The molecule has 11 heteroatoms. The lowest BCUT2D eigenvalue weighted by molar-refractivity contribution is 0.102. The summed E-state index contributed by atoms with van der Waals surface area (Å²) in [6.07, 6.45) is 1.63. The standard InChI is InChI=1S/C19H25FN6O3S/c1-18(2)17(21)23-19(3,11-26(5)30(18,28)29)13-10-12(6-7-14(13)20)22-16(27)15-8-9-25(4)24-15/h6-10H,11H2,1-5H3,(H2,21,23)(H,22,27)/t19-/m0/s1. The first kappa shape index (κ1) is 21.9. The fourth-order valence-corrected chi connectivity index (χ4v) is 4.88. The van der Waals surface area contributed by atoms with Crippen molar-refractivity contribution < 1.29 is 17.6 Å². The second-order valence-corrected chi connectivity index (χ2v) is 10.7. The lowest BCUT2D eigenvalue weighted by atomic mass is 9.91. The summed E-state index contributed by atoms with van der Waals surface area (Å²) in [6.45, 7) is 4.41. The van der Waals surface area contributed by atoms with Crippen LogP contribution < -0.4 is 11.1 Å². The molecule has 1 aliphatic heterocycles. The minimum atomic E-state index is -3.81. The van der Waals surface area contributed by atoms with Crippen molar-refractivity contribution in [3.63, 3.8) is 0 Å². The monoisotopic (exact) mass is 436 g/mol. The topological polar surface area (TPSA) is 123 Å². The summed E-state index contributed by atoms with van der Waals surface area (Å²) < 4.78 is 41.7. The summed E-state index contributed by atoms with van der Waals surface area (Å²) in [5.41, 5.74) is 5.40. The summed E-state index contributed by atoms with van der Waals surface area (Å²) in [5.74, 6) is -1.16. The van der Waals surface area contributed by atoms with Gasteiger partial charge < -0.3 is 11.1 Å². The van der Waals surface area contributed by atoms with Crippen LogP contribution in [0.15, 0.2) is 35.5 Å². The molecule has 2 heterocycles. The number of carbonyl (C=O) groups is 1. The second kappa shape index (κ2) is 7.17. The van der Waals surface area contributed by atoms with Gasteiger partial charge in [-0.1, -0.05) is 0 Å². The zero-order valence-electron chi connectivity index (χ0n) is 17.5. The summed E-state index contributed by atoms with van der Waals surface area (Å²) in [4.78, 5) is 16.8. The van der Waals surface area contributed by atoms with Crippen LogP contribution in [-0.4, -0.2) is 52.6 Å². The number of aryl methyl sites for hydroxylation is 1. The number of carbonyl (C=O) groups excluding carboxylic acids is 1. The zero-order chi connectivity index (χ0) is 22.5. The summed E-state index contributed by atoms with van der Waals surface area (Å²) >= 11 is 0. The Kier molecular flexibility index (Phi) is 5.23. The van der Waals surface area contributed by atoms with Crippen molar-refractivity contribution in [3.05, 3.63) is 47.5 Å². The number of amidine groups is 1. The molecule has 3 rings (SSSR count). The van der Waals surface area contributed by atoms with Crippen LogP contribution >= 0.6 is 0 Å². The predicted molar refractivity (Wildman–Crippen MR) is 112 cm³/mol. The average Bonchev–Trinajstić information content (AvgIpc) is 3.07. The molecule has 9 nitrogen and oxygen atoms in total. The van der Waals surface area contributed by atoms with E-state index in [1.165, 1.54) is 43.8 Å². The van der Waals surface area contributed by atoms with E-state index >= 15 is 0 Å². The highest BCUT2D eigenvalue weighted by molar-refractivity contribution is 7.91. The van der Waals surface area contributed by atoms with Crippen molar-refractivity contribution >= 4 is 27.5 Å². The molecule has 2 aromatic rings. The SMILES string of the molecule is CN1C[C@@](C)(c2cc(NC(=O)c3ccn(C)n3)ccc2F)N=C(N)C(C)(C)S1(=O)=O. The molecule has 0 saturated carbocycles. The number of hydrogen-bond acceptors (Lipinski definition) is 6. The van der Waals surface area contributed by atoms with Crippen molar-refractivity contribution in [1.82, 2.24) is 14.1 Å². The molecule has 0 saturated heterocycles. The Morgan fingerprint density at radius 1 is 1.23 bits per heavy atom. The van der Waals surface area contributed by atoms with Gasteiger partial charge in [0.05, 0.1) is 0 Å². The van der Waals surface area contributed by atoms with E-state index in [0.717, 1.165) is 4.31 Å². The quantitative estimate of drug-likeness (QED) is 0.754. The lowest BCUT2D eigenvalue weighted by Gasteiger charge is -2.29. The maximum atomic E-state index is 14.8. The third-order valence-corrected chi connectivity index (χ3v) is 7.77. The highest BCUT2D eigenvalue weighted by Gasteiger charge is 2.48. The number of nitrogens with one attached hydrogen (secondary N) is 1. The van der Waals surface area contributed by atoms with Crippen LogP contribution in [0.5, 0.6) is 0 Å². The van der Waals surface area contributed by atoms with Crippen molar-refractivity contribution in [2.45, 2.75) is 31.1 Å². The Morgan fingerprint density at radius 3 is 2.50 bits per heavy atom. The second-order valence-electron chi connectivity index (χ2n) is 8.07. The molecule has 1 aromatic carbocycles. The number of sulfonamides is 1. The Hall–Kier alpha value is -2.79. The van der Waals surface area contributed by atoms with Crippen LogP contribution in [0.2, 0.25) is 0 Å². The number of aromatic nitrogens is 2. The number of nitrogens with zero attached hydrogens (tertiary/aromatic N) is 4. The number of rotatable bonds is 3. The van der Waals surface area contributed by atoms with Crippen LogP contribution in [0.25, 0.3) is 0 Å². The predicted octanol–water partition coefficient (Wildman–Crippen LogP) is 1.44. The number of anilines is 1. The first-order chi connectivity index (χ1) is 13.8. The zero-order valence-corrected chi connectivity index (χ0v) is 18.3. The van der Waals surface area contributed by atoms with Crippen LogP contribution in [0.4, 0.5) is 10.1 Å². The lowest BCUT2D eigenvalue weighted by Crippen LogP contribution is -2.50. The molecule has 1 amide bonds. The number of likely N-dealkylation sites (N-methyl/N-ethyl adjacent to an activating group) is 1. The van der Waals surface area contributed by atoms with Gasteiger partial charge in [0.15, 0.2) is 5.69 Å². The van der Waals surface area contributed by atoms with E-state index in [0.29, 0.717) is 5.69 Å². The summed E-state index contributed by atoms with van der Waals surface area (Å²) in [6, 6.07) is 5.60. The van der Waals surface area contributed by atoms with Crippen molar-refractivity contribution in [1.29, 1.82) is 0 Å². The van der Waals surface area contributed by atoms with Gasteiger partial charge in [0.25, 0.3) is 5.91 Å². The molecule has 1 aromatic heterocycles. The van der Waals surface area contributed by atoms with E-state index in [1.54, 1.807) is 26.2 Å². The Labute approximate surface area is 174 Å². The fourth-order valence-electron chi connectivity index (χ4n) is 3.37. The molecule has 0 spiro atoms. The Bertz CT molecular complexity index is 1140. The van der Waals surface area contributed by atoms with Gasteiger partial charge in [0.1, 0.15) is 21.9 Å². The smallest absolute Gasteiger partial charge is 0.276 e. The first-order valence-electron chi connectivity index (χ1n) is 9.21. The molecule has 30 heavy (non-hydrogen) atoms. The minimum Gasteiger partial charge on any atom is -0.386 e. The van der Waals surface area contributed by atoms with Crippen LogP contribution in [0, 0.1) is 5.82 Å². The highest BCUT2D eigenvalue weighted by Crippen LogP contribution is 2.36. The van der Waals surface area contributed by atoms with Crippen molar-refractivity contribution in [2.75, 3.05) is 18.9 Å². The first-order valence-corrected chi connectivity index (χ1v) is 10.6. The fraction of sp³-hybridized carbons (Fsp3) is 0.421. The van der Waals surface area contributed by atoms with E-state index in [9.17, 15) is 17.6 Å². The molecule has 0 unspecified atom stereocenters. The third kappa shape index (κ3) is 3.58. The van der Waals surface area contributed by atoms with Crippen molar-refractivity contribution in [3.8, 4) is 0 Å². The average molecular weight is 437 g/mol. The van der Waals surface area contributed by atoms with E-state index < -0.39 is 32.0 Å². The van der Waals surface area contributed by atoms with Gasteiger partial charge in [-0.05, 0) is 45.0 Å². The van der Waals surface area contributed by atoms with Gasteiger partial charge in [-0.25, -0.2) is 17.1 Å². The third-order valence-electron chi connectivity index (χ3n) is 5.32. The molecular formula is C19H25FN6O3S. The molecule has 1 atom stereocenters. The molecule has 0 fully saturated rings. The Balaban J connectivity index is 2.03. The molecule has 0 aliphatic carbocycles. The molecule has 0 bridgehead atoms. The van der Waals surface area contributed by atoms with E-state index in [-0.39, 0.29) is 23.6 Å². The van der Waals surface area contributed by atoms with Gasteiger partial charge in [-0.2, -0.15) is 5.10 Å². The molecule has 1 aliphatic rings. The van der Waals surface area contributed by atoms with E-state index in [4.69, 9.17) is 5.73 Å². The van der Waals surface area contributed by atoms with Crippen LogP contribution in [-0.2, 0) is 22.6 Å². The highest BCUT2D eigenvalue weighted by atomic mass is 32.2. The van der Waals surface area contributed by atoms with E-state index in [1.807, 2.05) is 0 Å². The van der Waals surface area contributed by atoms with Crippen LogP contribution in [0.3, 0.4) is 0 Å². The van der Waals surface area contributed by atoms with Gasteiger partial charge in [0, 0.05) is 38.1 Å². The van der Waals surface area contributed by atoms with E-state index in [2.05, 4.69) is 15.4 Å². The van der Waals surface area contributed by atoms with Crippen LogP contribution in [0.1, 0.15) is 36.8 Å². The molecule has 0 radical (unpaired) electrons. The molecule has 162 valence electrons. The number of benzene rings is 1. The number of hydrogen-bond donors (Lipinski definition) is 2. The largest absolute Gasteiger partial charge is 0.386 e. The Morgan fingerprint density at radius 2 is 1.90 bits per heavy atom. The van der Waals surface area contributed by atoms with Gasteiger partial charge >= 0.3 is 0 Å². The number of nitrogens with two attached hydrogens (primary N) is 1. The van der Waals surface area contributed by atoms with Crippen molar-refractivity contribution in [2.24, 2.45) is 17.8 Å². The summed E-state index contributed by atoms with van der Waals surface area (Å²) in [5, 5.41) is 6.71. The maximum absolute atomic E-state index is 14.8. The minimum absolute atomic E-state index is 0.114. The maximum Gasteiger partial charge on any atom is 0.276 e. The summed E-state index contributed by atoms with van der Waals surface area (Å²) in [7, 11) is -0.706. The normalized spacial score (nSPS) is 23.5. The number of aliphatic imine (C=N–C) groups is 1. The number of amides is 1. The molecular weight excluding hydrogens is 411 g/mol. The number of halogens is 1. The van der Waals surface area contributed by atoms with Gasteiger partial charge in [-0.3, -0.25) is 14.5 Å².